The lowest BCUT2D eigenvalue weighted by Gasteiger charge is -2.06. The van der Waals surface area contributed by atoms with Gasteiger partial charge in [0.2, 0.25) is 10.0 Å². The van der Waals surface area contributed by atoms with Crippen LogP contribution in [0.2, 0.25) is 0 Å². The summed E-state index contributed by atoms with van der Waals surface area (Å²) in [5.41, 5.74) is 0.856. The maximum Gasteiger partial charge on any atom is 0.213 e. The first-order valence-corrected chi connectivity index (χ1v) is 6.86. The van der Waals surface area contributed by atoms with E-state index < -0.39 is 10.0 Å². The molecule has 0 aliphatic carbocycles. The predicted octanol–water partition coefficient (Wildman–Crippen LogP) is 0.111. The average Bonchev–Trinajstić information content (AvgIpc) is 2.28. The number of rotatable bonds is 7. The first kappa shape index (κ1) is 13.1. The predicted molar refractivity (Wildman–Crippen MR) is 63.4 cm³/mol. The number of nitrogens with one attached hydrogen (secondary N) is 2. The summed E-state index contributed by atoms with van der Waals surface area (Å²) in [5.74, 6) is 0.0983. The highest BCUT2D eigenvalue weighted by molar-refractivity contribution is 7.89. The molecule has 0 unspecified atom stereocenters. The number of sulfonamides is 1. The van der Waals surface area contributed by atoms with Gasteiger partial charge in [-0.2, -0.15) is 0 Å². The summed E-state index contributed by atoms with van der Waals surface area (Å²) in [6.45, 7) is 3.48. The highest BCUT2D eigenvalue weighted by Gasteiger charge is 2.08. The van der Waals surface area contributed by atoms with Crippen molar-refractivity contribution in [3.05, 3.63) is 30.1 Å². The summed E-state index contributed by atoms with van der Waals surface area (Å²) in [6.07, 6.45) is 3.30. The van der Waals surface area contributed by atoms with Crippen molar-refractivity contribution in [2.45, 2.75) is 13.5 Å². The van der Waals surface area contributed by atoms with E-state index in [9.17, 15) is 8.42 Å². The highest BCUT2D eigenvalue weighted by atomic mass is 32.2. The molecule has 5 nitrogen and oxygen atoms in total. The average molecular weight is 243 g/mol. The lowest BCUT2D eigenvalue weighted by atomic mass is 10.3. The molecule has 0 bridgehead atoms. The molecule has 0 spiro atoms. The van der Waals surface area contributed by atoms with Gasteiger partial charge in [-0.15, -0.1) is 0 Å². The molecule has 6 heteroatoms. The quantitative estimate of drug-likeness (QED) is 0.667. The molecule has 0 amide bonds. The van der Waals surface area contributed by atoms with Crippen LogP contribution in [0.15, 0.2) is 24.5 Å². The van der Waals surface area contributed by atoms with Crippen molar-refractivity contribution in [1.29, 1.82) is 0 Å². The van der Waals surface area contributed by atoms with Gasteiger partial charge in [0.1, 0.15) is 0 Å². The molecule has 16 heavy (non-hydrogen) atoms. The Labute approximate surface area is 96.3 Å². The van der Waals surface area contributed by atoms with Crippen LogP contribution in [0, 0.1) is 0 Å². The lowest BCUT2D eigenvalue weighted by molar-refractivity contribution is 0.577. The number of nitrogens with zero attached hydrogens (tertiary/aromatic N) is 1. The van der Waals surface area contributed by atoms with Gasteiger partial charge in [0.05, 0.1) is 5.75 Å². The number of pyridine rings is 1. The normalized spacial score (nSPS) is 11.6. The first-order valence-electron chi connectivity index (χ1n) is 5.21. The number of aromatic nitrogens is 1. The zero-order valence-electron chi connectivity index (χ0n) is 9.31. The number of hydrogen-bond acceptors (Lipinski definition) is 4. The Hall–Kier alpha value is -0.980. The Morgan fingerprint density at radius 3 is 2.88 bits per heavy atom. The zero-order chi connectivity index (χ0) is 11.9. The van der Waals surface area contributed by atoms with Gasteiger partial charge in [-0.05, 0) is 18.2 Å². The topological polar surface area (TPSA) is 71.1 Å². The van der Waals surface area contributed by atoms with E-state index >= 15 is 0 Å². The standard InChI is InChI=1S/C10H17N3O2S/c1-2-11-6-7-16(14,15)13-9-10-4-3-5-12-8-10/h3-5,8,11,13H,2,6-7,9H2,1H3. The molecule has 1 rings (SSSR count). The van der Waals surface area contributed by atoms with Crippen molar-refractivity contribution in [2.75, 3.05) is 18.8 Å². The third-order valence-corrected chi connectivity index (χ3v) is 3.34. The summed E-state index contributed by atoms with van der Waals surface area (Å²) in [6, 6.07) is 3.61. The summed E-state index contributed by atoms with van der Waals surface area (Å²) in [5, 5.41) is 2.97. The Morgan fingerprint density at radius 2 is 2.25 bits per heavy atom. The van der Waals surface area contributed by atoms with Gasteiger partial charge in [0.15, 0.2) is 0 Å². The molecule has 0 fully saturated rings. The fourth-order valence-corrected chi connectivity index (χ4v) is 2.10. The van der Waals surface area contributed by atoms with Gasteiger partial charge in [-0.25, -0.2) is 13.1 Å². The second kappa shape index (κ2) is 6.57. The molecule has 1 aromatic heterocycles. The van der Waals surface area contributed by atoms with Gasteiger partial charge in [-0.3, -0.25) is 4.98 Å². The molecule has 0 aliphatic rings. The molecule has 0 saturated heterocycles. The smallest absolute Gasteiger partial charge is 0.213 e. The van der Waals surface area contributed by atoms with E-state index in [1.807, 2.05) is 13.0 Å². The summed E-state index contributed by atoms with van der Waals surface area (Å²) in [4.78, 5) is 3.91. The van der Waals surface area contributed by atoms with Crippen LogP contribution in [0.25, 0.3) is 0 Å². The Kier molecular flexibility index (Phi) is 5.37. The molecule has 0 aliphatic heterocycles. The third kappa shape index (κ3) is 5.20. The fraction of sp³-hybridized carbons (Fsp3) is 0.500. The van der Waals surface area contributed by atoms with E-state index in [0.29, 0.717) is 13.1 Å². The van der Waals surface area contributed by atoms with Gasteiger partial charge in [0.25, 0.3) is 0 Å². The van der Waals surface area contributed by atoms with Gasteiger partial charge in [-0.1, -0.05) is 13.0 Å². The van der Waals surface area contributed by atoms with Crippen molar-refractivity contribution in [3.8, 4) is 0 Å². The number of hydrogen-bond donors (Lipinski definition) is 2. The minimum absolute atomic E-state index is 0.0983. The van der Waals surface area contributed by atoms with Crippen LogP contribution < -0.4 is 10.0 Å². The second-order valence-electron chi connectivity index (χ2n) is 3.35. The molecule has 0 saturated carbocycles. The van der Waals surface area contributed by atoms with Crippen molar-refractivity contribution < 1.29 is 8.42 Å². The maximum absolute atomic E-state index is 11.5. The van der Waals surface area contributed by atoms with E-state index in [1.54, 1.807) is 18.5 Å². The SMILES string of the molecule is CCNCCS(=O)(=O)NCc1cccnc1. The van der Waals surface area contributed by atoms with E-state index in [2.05, 4.69) is 15.0 Å². The zero-order valence-corrected chi connectivity index (χ0v) is 10.1. The van der Waals surface area contributed by atoms with Crippen LogP contribution >= 0.6 is 0 Å². The van der Waals surface area contributed by atoms with E-state index in [4.69, 9.17) is 0 Å². The molecular weight excluding hydrogens is 226 g/mol. The van der Waals surface area contributed by atoms with Crippen molar-refractivity contribution >= 4 is 10.0 Å². The first-order chi connectivity index (χ1) is 7.64. The van der Waals surface area contributed by atoms with Crippen LogP contribution in [0.5, 0.6) is 0 Å². The summed E-state index contributed by atoms with van der Waals surface area (Å²) >= 11 is 0. The van der Waals surface area contributed by atoms with Crippen LogP contribution in [-0.2, 0) is 16.6 Å². The van der Waals surface area contributed by atoms with Crippen LogP contribution in [-0.4, -0.2) is 32.2 Å². The Bertz CT molecular complexity index is 392. The minimum atomic E-state index is -3.19. The monoisotopic (exact) mass is 243 g/mol. The molecule has 0 radical (unpaired) electrons. The molecule has 90 valence electrons. The molecule has 0 atom stereocenters. The lowest BCUT2D eigenvalue weighted by Crippen LogP contribution is -2.31. The molecular formula is C10H17N3O2S. The molecule has 1 heterocycles. The van der Waals surface area contributed by atoms with Crippen molar-refractivity contribution in [1.82, 2.24) is 15.0 Å². The minimum Gasteiger partial charge on any atom is -0.316 e. The summed E-state index contributed by atoms with van der Waals surface area (Å²) < 4.78 is 25.5. The Balaban J connectivity index is 2.36. The van der Waals surface area contributed by atoms with Crippen molar-refractivity contribution in [3.63, 3.8) is 0 Å². The summed E-state index contributed by atoms with van der Waals surface area (Å²) in [7, 11) is -3.19. The van der Waals surface area contributed by atoms with Crippen molar-refractivity contribution in [2.24, 2.45) is 0 Å². The van der Waals surface area contributed by atoms with Crippen LogP contribution in [0.1, 0.15) is 12.5 Å². The third-order valence-electron chi connectivity index (χ3n) is 2.02. The molecule has 1 aromatic rings. The van der Waals surface area contributed by atoms with E-state index in [0.717, 1.165) is 12.1 Å². The second-order valence-corrected chi connectivity index (χ2v) is 5.28. The van der Waals surface area contributed by atoms with Gasteiger partial charge < -0.3 is 5.32 Å². The van der Waals surface area contributed by atoms with E-state index in [-0.39, 0.29) is 5.75 Å². The Morgan fingerprint density at radius 1 is 1.44 bits per heavy atom. The largest absolute Gasteiger partial charge is 0.316 e. The van der Waals surface area contributed by atoms with Crippen LogP contribution in [0.4, 0.5) is 0 Å². The van der Waals surface area contributed by atoms with Gasteiger partial charge in [0, 0.05) is 25.5 Å². The highest BCUT2D eigenvalue weighted by Crippen LogP contribution is 1.96. The maximum atomic E-state index is 11.5. The van der Waals surface area contributed by atoms with Crippen LogP contribution in [0.3, 0.4) is 0 Å². The molecule has 2 N–H and O–H groups in total. The fourth-order valence-electron chi connectivity index (χ4n) is 1.15. The van der Waals surface area contributed by atoms with Gasteiger partial charge >= 0.3 is 0 Å². The van der Waals surface area contributed by atoms with E-state index in [1.165, 1.54) is 0 Å². The molecule has 0 aromatic carbocycles.